The smallest absolute Gasteiger partial charge is 0.307 e. The molecular weight excluding hydrogens is 332 g/mol. The average Bonchev–Trinajstić information content (AvgIpc) is 3.00. The minimum Gasteiger partial charge on any atom is -0.469 e. The number of carbonyl (C=O) groups is 2. The van der Waals surface area contributed by atoms with Gasteiger partial charge in [0.25, 0.3) is 0 Å². The monoisotopic (exact) mass is 352 g/mol. The standard InChI is InChI=1S/C16H20N4O3.ClH/c1-20-14(6-7-18-20)12-5-3-4-11(8-12)13(9-16(22)23-2)19-15(21)10-17;/h3-8,13H,9-10,17H2,1-2H3,(H,19,21);1H/t13-;/m0./s1. The molecule has 7 nitrogen and oxygen atoms in total. The molecule has 0 saturated carbocycles. The molecule has 2 aromatic rings. The summed E-state index contributed by atoms with van der Waals surface area (Å²) in [5, 5.41) is 6.90. The van der Waals surface area contributed by atoms with E-state index in [-0.39, 0.29) is 31.3 Å². The topological polar surface area (TPSA) is 99.2 Å². The molecule has 0 aliphatic rings. The summed E-state index contributed by atoms with van der Waals surface area (Å²) in [7, 11) is 3.17. The minimum atomic E-state index is -0.494. The van der Waals surface area contributed by atoms with Crippen molar-refractivity contribution in [3.05, 3.63) is 42.1 Å². The van der Waals surface area contributed by atoms with Crippen molar-refractivity contribution in [3.8, 4) is 11.3 Å². The van der Waals surface area contributed by atoms with Gasteiger partial charge in [-0.05, 0) is 17.7 Å². The first-order valence-electron chi connectivity index (χ1n) is 7.19. The third-order valence-electron chi connectivity index (χ3n) is 3.52. The van der Waals surface area contributed by atoms with Crippen LogP contribution in [0.4, 0.5) is 0 Å². The maximum absolute atomic E-state index is 11.6. The molecule has 8 heteroatoms. The summed E-state index contributed by atoms with van der Waals surface area (Å²) in [6, 6.07) is 8.99. The summed E-state index contributed by atoms with van der Waals surface area (Å²) in [5.74, 6) is -0.733. The number of hydrogen-bond donors (Lipinski definition) is 2. The summed E-state index contributed by atoms with van der Waals surface area (Å²) in [4.78, 5) is 23.2. The molecule has 0 aliphatic heterocycles. The van der Waals surface area contributed by atoms with Crippen molar-refractivity contribution in [1.82, 2.24) is 15.1 Å². The Balaban J connectivity index is 0.00000288. The Labute approximate surface area is 146 Å². The summed E-state index contributed by atoms with van der Waals surface area (Å²) in [6.45, 7) is -0.140. The van der Waals surface area contributed by atoms with E-state index >= 15 is 0 Å². The largest absolute Gasteiger partial charge is 0.469 e. The quantitative estimate of drug-likeness (QED) is 0.761. The van der Waals surface area contributed by atoms with Crippen LogP contribution in [0.5, 0.6) is 0 Å². The Hall–Kier alpha value is -2.38. The number of benzene rings is 1. The van der Waals surface area contributed by atoms with Crippen molar-refractivity contribution in [1.29, 1.82) is 0 Å². The van der Waals surface area contributed by atoms with E-state index < -0.39 is 12.0 Å². The number of amides is 1. The zero-order valence-corrected chi connectivity index (χ0v) is 14.4. The van der Waals surface area contributed by atoms with Crippen molar-refractivity contribution in [2.24, 2.45) is 12.8 Å². The van der Waals surface area contributed by atoms with Crippen LogP contribution >= 0.6 is 12.4 Å². The van der Waals surface area contributed by atoms with Gasteiger partial charge in [-0.3, -0.25) is 14.3 Å². The van der Waals surface area contributed by atoms with E-state index in [0.29, 0.717) is 0 Å². The number of methoxy groups -OCH3 is 1. The fourth-order valence-corrected chi connectivity index (χ4v) is 2.33. The molecule has 0 unspecified atom stereocenters. The first-order chi connectivity index (χ1) is 11.0. The predicted molar refractivity (Wildman–Crippen MR) is 92.5 cm³/mol. The summed E-state index contributed by atoms with van der Waals surface area (Å²) in [6.07, 6.45) is 1.75. The normalized spacial score (nSPS) is 11.3. The third-order valence-corrected chi connectivity index (χ3v) is 3.52. The molecule has 1 aromatic carbocycles. The molecule has 3 N–H and O–H groups in total. The molecule has 1 atom stereocenters. The van der Waals surface area contributed by atoms with Crippen LogP contribution in [0.2, 0.25) is 0 Å². The minimum absolute atomic E-state index is 0. The van der Waals surface area contributed by atoms with Crippen molar-refractivity contribution >= 4 is 24.3 Å². The van der Waals surface area contributed by atoms with Crippen LogP contribution in [-0.4, -0.2) is 35.3 Å². The van der Waals surface area contributed by atoms with E-state index in [1.54, 1.807) is 10.9 Å². The molecule has 1 amide bonds. The molecule has 0 bridgehead atoms. The van der Waals surface area contributed by atoms with Crippen LogP contribution < -0.4 is 11.1 Å². The zero-order chi connectivity index (χ0) is 16.8. The number of nitrogens with zero attached hydrogens (tertiary/aromatic N) is 2. The van der Waals surface area contributed by atoms with E-state index in [0.717, 1.165) is 16.8 Å². The van der Waals surface area contributed by atoms with Gasteiger partial charge in [0.15, 0.2) is 0 Å². The number of hydrogen-bond acceptors (Lipinski definition) is 5. The second-order valence-corrected chi connectivity index (χ2v) is 5.07. The van der Waals surface area contributed by atoms with Crippen molar-refractivity contribution in [3.63, 3.8) is 0 Å². The Kier molecular flexibility index (Phi) is 7.41. The molecule has 2 rings (SSSR count). The van der Waals surface area contributed by atoms with E-state index in [2.05, 4.69) is 10.4 Å². The van der Waals surface area contributed by atoms with Gasteiger partial charge in [0.05, 0.1) is 31.8 Å². The van der Waals surface area contributed by atoms with Crippen molar-refractivity contribution < 1.29 is 14.3 Å². The second-order valence-electron chi connectivity index (χ2n) is 5.07. The Bertz CT molecular complexity index is 684. The van der Waals surface area contributed by atoms with Gasteiger partial charge >= 0.3 is 5.97 Å². The van der Waals surface area contributed by atoms with Crippen molar-refractivity contribution in [2.45, 2.75) is 12.5 Å². The summed E-state index contributed by atoms with van der Waals surface area (Å²) >= 11 is 0. The highest BCUT2D eigenvalue weighted by Gasteiger charge is 2.19. The van der Waals surface area contributed by atoms with Gasteiger partial charge < -0.3 is 15.8 Å². The predicted octanol–water partition coefficient (Wildman–Crippen LogP) is 1.19. The molecule has 0 spiro atoms. The van der Waals surface area contributed by atoms with Gasteiger partial charge in [0, 0.05) is 18.8 Å². The van der Waals surface area contributed by atoms with Gasteiger partial charge in [0.1, 0.15) is 0 Å². The maximum atomic E-state index is 11.6. The molecule has 24 heavy (non-hydrogen) atoms. The summed E-state index contributed by atoms with van der Waals surface area (Å²) < 4.78 is 6.46. The first kappa shape index (κ1) is 19.7. The van der Waals surface area contributed by atoms with E-state index in [4.69, 9.17) is 10.5 Å². The Morgan fingerprint density at radius 1 is 1.38 bits per heavy atom. The Morgan fingerprint density at radius 3 is 2.71 bits per heavy atom. The van der Waals surface area contributed by atoms with E-state index in [9.17, 15) is 9.59 Å². The number of ether oxygens (including phenoxy) is 1. The van der Waals surface area contributed by atoms with Crippen LogP contribution in [0.3, 0.4) is 0 Å². The lowest BCUT2D eigenvalue weighted by Crippen LogP contribution is -2.35. The fourth-order valence-electron chi connectivity index (χ4n) is 2.33. The lowest BCUT2D eigenvalue weighted by Gasteiger charge is -2.18. The number of rotatable bonds is 6. The molecule has 0 radical (unpaired) electrons. The molecule has 130 valence electrons. The number of aryl methyl sites for hydroxylation is 1. The molecule has 0 saturated heterocycles. The molecule has 0 fully saturated rings. The summed E-state index contributed by atoms with van der Waals surface area (Å²) in [5.41, 5.74) is 8.03. The zero-order valence-electron chi connectivity index (χ0n) is 13.6. The van der Waals surface area contributed by atoms with Crippen LogP contribution in [0.15, 0.2) is 36.5 Å². The molecule has 1 heterocycles. The number of nitrogens with one attached hydrogen (secondary N) is 1. The molecule has 1 aromatic heterocycles. The number of nitrogens with two attached hydrogens (primary N) is 1. The van der Waals surface area contributed by atoms with Gasteiger partial charge in [-0.25, -0.2) is 0 Å². The lowest BCUT2D eigenvalue weighted by atomic mass is 10.00. The molecule has 0 aliphatic carbocycles. The van der Waals surface area contributed by atoms with Gasteiger partial charge in [-0.15, -0.1) is 12.4 Å². The second kappa shape index (κ2) is 9.05. The molecular formula is C16H21ClN4O3. The Morgan fingerprint density at radius 2 is 2.12 bits per heavy atom. The highest BCUT2D eigenvalue weighted by Crippen LogP contribution is 2.24. The van der Waals surface area contributed by atoms with Crippen LogP contribution in [-0.2, 0) is 21.4 Å². The highest BCUT2D eigenvalue weighted by molar-refractivity contribution is 5.85. The van der Waals surface area contributed by atoms with E-state index in [1.165, 1.54) is 7.11 Å². The van der Waals surface area contributed by atoms with Gasteiger partial charge in [-0.1, -0.05) is 18.2 Å². The number of halogens is 1. The number of aromatic nitrogens is 2. The third kappa shape index (κ3) is 4.81. The van der Waals surface area contributed by atoms with Crippen LogP contribution in [0, 0.1) is 0 Å². The first-order valence-corrected chi connectivity index (χ1v) is 7.19. The fraction of sp³-hybridized carbons (Fsp3) is 0.312. The number of esters is 1. The van der Waals surface area contributed by atoms with E-state index in [1.807, 2.05) is 37.4 Å². The SMILES string of the molecule is COC(=O)C[C@H](NC(=O)CN)c1cccc(-c2ccnn2C)c1.Cl. The van der Waals surface area contributed by atoms with Gasteiger partial charge in [-0.2, -0.15) is 5.10 Å². The lowest BCUT2D eigenvalue weighted by molar-refractivity contribution is -0.141. The van der Waals surface area contributed by atoms with Gasteiger partial charge in [0.2, 0.25) is 5.91 Å². The van der Waals surface area contributed by atoms with Crippen molar-refractivity contribution in [2.75, 3.05) is 13.7 Å². The number of carbonyl (C=O) groups excluding carboxylic acids is 2. The maximum Gasteiger partial charge on any atom is 0.307 e. The highest BCUT2D eigenvalue weighted by atomic mass is 35.5. The van der Waals surface area contributed by atoms with Crippen LogP contribution in [0.1, 0.15) is 18.0 Å². The average molecular weight is 353 g/mol. The van der Waals surface area contributed by atoms with Crippen LogP contribution in [0.25, 0.3) is 11.3 Å².